The predicted molar refractivity (Wildman–Crippen MR) is 52.6 cm³/mol. The van der Waals surface area contributed by atoms with Crippen LogP contribution in [0.4, 0.5) is 4.79 Å². The van der Waals surface area contributed by atoms with E-state index in [1.807, 2.05) is 13.8 Å². The van der Waals surface area contributed by atoms with E-state index in [0.29, 0.717) is 6.42 Å². The first-order chi connectivity index (χ1) is 6.47. The summed E-state index contributed by atoms with van der Waals surface area (Å²) in [7, 11) is 0. The summed E-state index contributed by atoms with van der Waals surface area (Å²) in [5.41, 5.74) is 5.12. The minimum absolute atomic E-state index is 0.277. The Balaban J connectivity index is 4.09. The zero-order valence-corrected chi connectivity index (χ0v) is 8.87. The number of ether oxygens (including phenoxy) is 1. The standard InChI is InChI=1S/C9H18N2O3/c1-4-14-9(13)11-7(8(10)12)5-6(2)3/h6-7H,4-5H2,1-3H3,(H2,10,12)(H,11,13)/t7-/m0/s1. The van der Waals surface area contributed by atoms with Gasteiger partial charge in [0.15, 0.2) is 0 Å². The van der Waals surface area contributed by atoms with E-state index in [9.17, 15) is 9.59 Å². The summed E-state index contributed by atoms with van der Waals surface area (Å²) in [6.45, 7) is 5.87. The minimum atomic E-state index is -0.644. The van der Waals surface area contributed by atoms with Gasteiger partial charge in [0.2, 0.25) is 5.91 Å². The molecule has 0 aromatic carbocycles. The van der Waals surface area contributed by atoms with Crippen LogP contribution < -0.4 is 11.1 Å². The van der Waals surface area contributed by atoms with Gasteiger partial charge in [-0.05, 0) is 19.3 Å². The number of hydrogen-bond donors (Lipinski definition) is 2. The first-order valence-electron chi connectivity index (χ1n) is 4.70. The molecule has 0 unspecified atom stereocenters. The van der Waals surface area contributed by atoms with E-state index in [0.717, 1.165) is 0 Å². The van der Waals surface area contributed by atoms with Gasteiger partial charge < -0.3 is 15.8 Å². The minimum Gasteiger partial charge on any atom is -0.450 e. The van der Waals surface area contributed by atoms with E-state index >= 15 is 0 Å². The maximum Gasteiger partial charge on any atom is 0.407 e. The third-order valence-electron chi connectivity index (χ3n) is 1.62. The second-order valence-corrected chi connectivity index (χ2v) is 3.45. The van der Waals surface area contributed by atoms with Crippen molar-refractivity contribution in [3.05, 3.63) is 0 Å². The largest absolute Gasteiger partial charge is 0.450 e. The molecule has 5 heteroatoms. The van der Waals surface area contributed by atoms with Crippen molar-refractivity contribution < 1.29 is 14.3 Å². The summed E-state index contributed by atoms with van der Waals surface area (Å²) >= 11 is 0. The summed E-state index contributed by atoms with van der Waals surface area (Å²) in [5, 5.41) is 2.41. The Hall–Kier alpha value is -1.26. The Bertz CT molecular complexity index is 204. The molecular formula is C9H18N2O3. The molecule has 14 heavy (non-hydrogen) atoms. The number of nitrogens with one attached hydrogen (secondary N) is 1. The highest BCUT2D eigenvalue weighted by atomic mass is 16.5. The van der Waals surface area contributed by atoms with Crippen molar-refractivity contribution in [2.75, 3.05) is 6.61 Å². The molecule has 0 spiro atoms. The number of nitrogens with two attached hydrogens (primary N) is 1. The Morgan fingerprint density at radius 2 is 2.00 bits per heavy atom. The van der Waals surface area contributed by atoms with Crippen LogP contribution in [-0.2, 0) is 9.53 Å². The fourth-order valence-corrected chi connectivity index (χ4v) is 1.03. The lowest BCUT2D eigenvalue weighted by Crippen LogP contribution is -2.45. The highest BCUT2D eigenvalue weighted by Gasteiger charge is 2.19. The van der Waals surface area contributed by atoms with Crippen LogP contribution in [0.1, 0.15) is 27.2 Å². The van der Waals surface area contributed by atoms with Gasteiger partial charge in [0, 0.05) is 0 Å². The fourth-order valence-electron chi connectivity index (χ4n) is 1.03. The molecule has 0 heterocycles. The Morgan fingerprint density at radius 1 is 1.43 bits per heavy atom. The van der Waals surface area contributed by atoms with Gasteiger partial charge in [-0.25, -0.2) is 4.79 Å². The second kappa shape index (κ2) is 6.23. The van der Waals surface area contributed by atoms with Crippen molar-refractivity contribution in [3.8, 4) is 0 Å². The number of hydrogen-bond acceptors (Lipinski definition) is 3. The molecule has 0 aliphatic carbocycles. The van der Waals surface area contributed by atoms with E-state index in [2.05, 4.69) is 10.1 Å². The Kier molecular flexibility index (Phi) is 5.67. The van der Waals surface area contributed by atoms with Crippen molar-refractivity contribution in [3.63, 3.8) is 0 Å². The lowest BCUT2D eigenvalue weighted by Gasteiger charge is -2.16. The first-order valence-corrected chi connectivity index (χ1v) is 4.70. The highest BCUT2D eigenvalue weighted by molar-refractivity contribution is 5.84. The van der Waals surface area contributed by atoms with Gasteiger partial charge in [0.25, 0.3) is 0 Å². The lowest BCUT2D eigenvalue weighted by atomic mass is 10.0. The van der Waals surface area contributed by atoms with Crippen LogP contribution in [0.25, 0.3) is 0 Å². The van der Waals surface area contributed by atoms with Gasteiger partial charge in [-0.3, -0.25) is 4.79 Å². The van der Waals surface area contributed by atoms with Crippen LogP contribution in [0.5, 0.6) is 0 Å². The van der Waals surface area contributed by atoms with Crippen molar-refractivity contribution in [2.45, 2.75) is 33.2 Å². The zero-order valence-electron chi connectivity index (χ0n) is 8.87. The molecule has 0 aliphatic heterocycles. The number of rotatable bonds is 5. The van der Waals surface area contributed by atoms with Gasteiger partial charge in [-0.2, -0.15) is 0 Å². The van der Waals surface area contributed by atoms with E-state index in [1.165, 1.54) is 0 Å². The summed E-state index contributed by atoms with van der Waals surface area (Å²) in [6.07, 6.45) is -0.0781. The molecule has 0 aliphatic rings. The van der Waals surface area contributed by atoms with Gasteiger partial charge in [0.05, 0.1) is 6.61 Å². The predicted octanol–water partition coefficient (Wildman–Crippen LogP) is 0.633. The second-order valence-electron chi connectivity index (χ2n) is 3.45. The molecule has 5 nitrogen and oxygen atoms in total. The molecule has 0 aromatic heterocycles. The molecule has 0 fully saturated rings. The van der Waals surface area contributed by atoms with Crippen LogP contribution >= 0.6 is 0 Å². The van der Waals surface area contributed by atoms with E-state index in [1.54, 1.807) is 6.92 Å². The molecule has 0 radical (unpaired) electrons. The Labute approximate surface area is 84.0 Å². The van der Waals surface area contributed by atoms with Gasteiger partial charge in [-0.1, -0.05) is 13.8 Å². The summed E-state index contributed by atoms with van der Waals surface area (Å²) in [5.74, 6) is -0.249. The first kappa shape index (κ1) is 12.7. The van der Waals surface area contributed by atoms with E-state index in [-0.39, 0.29) is 12.5 Å². The van der Waals surface area contributed by atoms with Crippen molar-refractivity contribution in [1.29, 1.82) is 0 Å². The maximum atomic E-state index is 11.0. The van der Waals surface area contributed by atoms with E-state index in [4.69, 9.17) is 5.73 Å². The van der Waals surface area contributed by atoms with E-state index < -0.39 is 18.0 Å². The van der Waals surface area contributed by atoms with Crippen LogP contribution in [0.15, 0.2) is 0 Å². The number of carbonyl (C=O) groups is 2. The molecule has 82 valence electrons. The summed E-state index contributed by atoms with van der Waals surface area (Å²) in [4.78, 5) is 21.9. The van der Waals surface area contributed by atoms with Crippen molar-refractivity contribution >= 4 is 12.0 Å². The Morgan fingerprint density at radius 3 is 2.36 bits per heavy atom. The number of amides is 2. The van der Waals surface area contributed by atoms with Gasteiger partial charge >= 0.3 is 6.09 Å². The van der Waals surface area contributed by atoms with Crippen LogP contribution in [0, 0.1) is 5.92 Å². The van der Waals surface area contributed by atoms with Gasteiger partial charge in [0.1, 0.15) is 6.04 Å². The summed E-state index contributed by atoms with van der Waals surface area (Å²) in [6, 6.07) is -0.644. The molecule has 0 bridgehead atoms. The number of carbonyl (C=O) groups excluding carboxylic acids is 2. The summed E-state index contributed by atoms with van der Waals surface area (Å²) < 4.78 is 4.65. The average molecular weight is 202 g/mol. The zero-order chi connectivity index (χ0) is 11.1. The SMILES string of the molecule is CCOC(=O)N[C@@H](CC(C)C)C(N)=O. The average Bonchev–Trinajstić information content (AvgIpc) is 2.02. The third-order valence-corrected chi connectivity index (χ3v) is 1.62. The van der Waals surface area contributed by atoms with Gasteiger partial charge in [-0.15, -0.1) is 0 Å². The molecule has 0 rings (SSSR count). The van der Waals surface area contributed by atoms with Crippen LogP contribution in [0.2, 0.25) is 0 Å². The smallest absolute Gasteiger partial charge is 0.407 e. The van der Waals surface area contributed by atoms with Crippen LogP contribution in [0.3, 0.4) is 0 Å². The lowest BCUT2D eigenvalue weighted by molar-refractivity contribution is -0.120. The van der Waals surface area contributed by atoms with Crippen molar-refractivity contribution in [1.82, 2.24) is 5.32 Å². The molecule has 1 atom stereocenters. The quantitative estimate of drug-likeness (QED) is 0.686. The topological polar surface area (TPSA) is 81.4 Å². The fraction of sp³-hybridized carbons (Fsp3) is 0.778. The molecular weight excluding hydrogens is 184 g/mol. The number of alkyl carbamates (subject to hydrolysis) is 1. The maximum absolute atomic E-state index is 11.0. The van der Waals surface area contributed by atoms with Crippen molar-refractivity contribution in [2.24, 2.45) is 11.7 Å². The number of primary amides is 1. The molecule has 0 aromatic rings. The molecule has 3 N–H and O–H groups in total. The molecule has 2 amide bonds. The molecule has 0 saturated carbocycles. The molecule has 0 saturated heterocycles. The van der Waals surface area contributed by atoms with Crippen LogP contribution in [-0.4, -0.2) is 24.6 Å². The normalized spacial score (nSPS) is 12.3. The third kappa shape index (κ3) is 5.40. The monoisotopic (exact) mass is 202 g/mol. The highest BCUT2D eigenvalue weighted by Crippen LogP contribution is 2.04.